The fourth-order valence-electron chi connectivity index (χ4n) is 3.04. The summed E-state index contributed by atoms with van der Waals surface area (Å²) in [5.74, 6) is -0.641. The zero-order valence-electron chi connectivity index (χ0n) is 15.5. The second-order valence-electron chi connectivity index (χ2n) is 6.37. The Labute approximate surface area is 182 Å². The van der Waals surface area contributed by atoms with Crippen molar-refractivity contribution in [3.05, 3.63) is 69.5 Å². The lowest BCUT2D eigenvalue weighted by molar-refractivity contribution is -0.125. The summed E-state index contributed by atoms with van der Waals surface area (Å²) in [6, 6.07) is 9.79. The van der Waals surface area contributed by atoms with Crippen LogP contribution >= 0.6 is 35.0 Å². The van der Waals surface area contributed by atoms with E-state index in [1.54, 1.807) is 25.3 Å². The Bertz CT molecular complexity index is 898. The van der Waals surface area contributed by atoms with Gasteiger partial charge >= 0.3 is 0 Å². The normalized spacial score (nSPS) is 18.7. The van der Waals surface area contributed by atoms with Crippen molar-refractivity contribution >= 4 is 46.8 Å². The van der Waals surface area contributed by atoms with Gasteiger partial charge in [0.05, 0.1) is 17.2 Å². The number of hydrogen-bond acceptors (Lipinski definition) is 4. The fraction of sp³-hybridized carbons (Fsp3) is 0.300. The van der Waals surface area contributed by atoms with Crippen molar-refractivity contribution in [3.8, 4) is 0 Å². The first-order valence-electron chi connectivity index (χ1n) is 8.84. The lowest BCUT2D eigenvalue weighted by Crippen LogP contribution is -2.48. The van der Waals surface area contributed by atoms with E-state index in [2.05, 4.69) is 5.32 Å². The third-order valence-electron chi connectivity index (χ3n) is 4.46. The molecule has 0 aliphatic carbocycles. The second kappa shape index (κ2) is 9.80. The van der Waals surface area contributed by atoms with E-state index in [0.717, 1.165) is 5.56 Å². The quantitative estimate of drug-likeness (QED) is 0.663. The Morgan fingerprint density at radius 1 is 1.24 bits per heavy atom. The Morgan fingerprint density at radius 3 is 2.62 bits per heavy atom. The summed E-state index contributed by atoms with van der Waals surface area (Å²) in [6.07, 6.45) is 0. The molecule has 1 heterocycles. The van der Waals surface area contributed by atoms with Crippen LogP contribution in [-0.4, -0.2) is 48.8 Å². The molecule has 2 aromatic rings. The van der Waals surface area contributed by atoms with Gasteiger partial charge in [-0.3, -0.25) is 9.59 Å². The molecule has 0 radical (unpaired) electrons. The maximum Gasteiger partial charge on any atom is 0.257 e. The van der Waals surface area contributed by atoms with Gasteiger partial charge in [0.15, 0.2) is 0 Å². The monoisotopic (exact) mass is 456 g/mol. The van der Waals surface area contributed by atoms with Crippen LogP contribution in [0.3, 0.4) is 0 Å². The second-order valence-corrected chi connectivity index (χ2v) is 8.33. The number of benzene rings is 2. The standard InChI is InChI=1S/C20H19Cl2FN2O3S/c1-28-9-8-24-18(26)17-11-29-20(12-2-5-14(23)6-3-12)25(17)19(27)15-7-4-13(21)10-16(15)22/h2-7,10,17,20H,8-9,11H2,1H3,(H,24,26). The number of rotatable bonds is 6. The maximum atomic E-state index is 13.4. The van der Waals surface area contributed by atoms with E-state index >= 15 is 0 Å². The van der Waals surface area contributed by atoms with E-state index in [-0.39, 0.29) is 22.3 Å². The molecular formula is C20H19Cl2FN2O3S. The minimum absolute atomic E-state index is 0.204. The van der Waals surface area contributed by atoms with Crippen LogP contribution in [0, 0.1) is 5.82 Å². The predicted octanol–water partition coefficient (Wildman–Crippen LogP) is 4.15. The lowest BCUT2D eigenvalue weighted by atomic mass is 10.1. The first-order chi connectivity index (χ1) is 13.9. The van der Waals surface area contributed by atoms with E-state index in [1.165, 1.54) is 40.9 Å². The van der Waals surface area contributed by atoms with Crippen LogP contribution in [0.5, 0.6) is 0 Å². The fourth-order valence-corrected chi connectivity index (χ4v) is 4.96. The van der Waals surface area contributed by atoms with Crippen LogP contribution in [0.15, 0.2) is 42.5 Å². The molecular weight excluding hydrogens is 438 g/mol. The average Bonchev–Trinajstić information content (AvgIpc) is 3.13. The number of thioether (sulfide) groups is 1. The first kappa shape index (κ1) is 21.9. The highest BCUT2D eigenvalue weighted by Gasteiger charge is 2.43. The Balaban J connectivity index is 1.93. The third kappa shape index (κ3) is 5.04. The van der Waals surface area contributed by atoms with Crippen molar-refractivity contribution in [2.45, 2.75) is 11.4 Å². The van der Waals surface area contributed by atoms with E-state index in [9.17, 15) is 14.0 Å². The number of carbonyl (C=O) groups excluding carboxylic acids is 2. The largest absolute Gasteiger partial charge is 0.383 e. The Morgan fingerprint density at radius 2 is 1.97 bits per heavy atom. The molecule has 0 saturated carbocycles. The molecule has 2 unspecified atom stereocenters. The van der Waals surface area contributed by atoms with Gasteiger partial charge in [-0.15, -0.1) is 11.8 Å². The summed E-state index contributed by atoms with van der Waals surface area (Å²) in [7, 11) is 1.54. The van der Waals surface area contributed by atoms with Gasteiger partial charge in [0, 0.05) is 24.4 Å². The molecule has 1 aliphatic rings. The summed E-state index contributed by atoms with van der Waals surface area (Å²) >= 11 is 13.6. The van der Waals surface area contributed by atoms with Crippen LogP contribution in [0.1, 0.15) is 21.3 Å². The number of nitrogens with zero attached hydrogens (tertiary/aromatic N) is 1. The van der Waals surface area contributed by atoms with Crippen LogP contribution in [0.25, 0.3) is 0 Å². The van der Waals surface area contributed by atoms with E-state index in [4.69, 9.17) is 27.9 Å². The van der Waals surface area contributed by atoms with Crippen molar-refractivity contribution < 1.29 is 18.7 Å². The van der Waals surface area contributed by atoms with Gasteiger partial charge in [0.1, 0.15) is 17.2 Å². The number of hydrogen-bond donors (Lipinski definition) is 1. The third-order valence-corrected chi connectivity index (χ3v) is 6.33. The first-order valence-corrected chi connectivity index (χ1v) is 10.6. The molecule has 5 nitrogen and oxygen atoms in total. The summed E-state index contributed by atoms with van der Waals surface area (Å²) in [5, 5.41) is 2.94. The molecule has 29 heavy (non-hydrogen) atoms. The van der Waals surface area contributed by atoms with Crippen LogP contribution in [0.4, 0.5) is 4.39 Å². The lowest BCUT2D eigenvalue weighted by Gasteiger charge is -2.29. The van der Waals surface area contributed by atoms with E-state index < -0.39 is 17.3 Å². The molecule has 3 rings (SSSR count). The molecule has 2 aromatic carbocycles. The maximum absolute atomic E-state index is 13.4. The van der Waals surface area contributed by atoms with E-state index in [0.29, 0.717) is 23.9 Å². The molecule has 9 heteroatoms. The van der Waals surface area contributed by atoms with Gasteiger partial charge in [-0.05, 0) is 35.9 Å². The van der Waals surface area contributed by atoms with Crippen molar-refractivity contribution in [3.63, 3.8) is 0 Å². The number of halogens is 3. The van der Waals surface area contributed by atoms with Crippen LogP contribution < -0.4 is 5.32 Å². The summed E-state index contributed by atoms with van der Waals surface area (Å²) in [6.45, 7) is 0.700. The van der Waals surface area contributed by atoms with Gasteiger partial charge in [0.25, 0.3) is 5.91 Å². The molecule has 1 saturated heterocycles. The SMILES string of the molecule is COCCNC(=O)C1CSC(c2ccc(F)cc2)N1C(=O)c1ccc(Cl)cc1Cl. The van der Waals surface area contributed by atoms with Gasteiger partial charge in [-0.1, -0.05) is 35.3 Å². The number of nitrogens with one attached hydrogen (secondary N) is 1. The molecule has 1 N–H and O–H groups in total. The highest BCUT2D eigenvalue weighted by Crippen LogP contribution is 2.43. The number of carbonyl (C=O) groups is 2. The number of ether oxygens (including phenoxy) is 1. The number of methoxy groups -OCH3 is 1. The molecule has 154 valence electrons. The zero-order chi connectivity index (χ0) is 21.0. The van der Waals surface area contributed by atoms with Crippen LogP contribution in [0.2, 0.25) is 10.0 Å². The molecule has 0 bridgehead atoms. The molecule has 2 atom stereocenters. The highest BCUT2D eigenvalue weighted by molar-refractivity contribution is 7.99. The van der Waals surface area contributed by atoms with Crippen molar-refractivity contribution in [1.29, 1.82) is 0 Å². The average molecular weight is 457 g/mol. The van der Waals surface area contributed by atoms with Crippen molar-refractivity contribution in [1.82, 2.24) is 10.2 Å². The predicted molar refractivity (Wildman–Crippen MR) is 113 cm³/mol. The molecule has 0 aromatic heterocycles. The van der Waals surface area contributed by atoms with Gasteiger partial charge < -0.3 is 15.0 Å². The minimum Gasteiger partial charge on any atom is -0.383 e. The van der Waals surface area contributed by atoms with Crippen LogP contribution in [-0.2, 0) is 9.53 Å². The molecule has 1 aliphatic heterocycles. The minimum atomic E-state index is -0.703. The summed E-state index contributed by atoms with van der Waals surface area (Å²) < 4.78 is 18.3. The van der Waals surface area contributed by atoms with Gasteiger partial charge in [-0.25, -0.2) is 4.39 Å². The van der Waals surface area contributed by atoms with Gasteiger partial charge in [0.2, 0.25) is 5.91 Å². The van der Waals surface area contributed by atoms with Crippen molar-refractivity contribution in [2.24, 2.45) is 0 Å². The highest BCUT2D eigenvalue weighted by atomic mass is 35.5. The summed E-state index contributed by atoms with van der Waals surface area (Å²) in [4.78, 5) is 27.6. The zero-order valence-corrected chi connectivity index (χ0v) is 17.9. The van der Waals surface area contributed by atoms with Gasteiger partial charge in [-0.2, -0.15) is 0 Å². The Hall–Kier alpha value is -1.80. The Kier molecular flexibility index (Phi) is 7.40. The topological polar surface area (TPSA) is 58.6 Å². The molecule has 0 spiro atoms. The van der Waals surface area contributed by atoms with Crippen molar-refractivity contribution in [2.75, 3.05) is 26.0 Å². The molecule has 2 amide bonds. The van der Waals surface area contributed by atoms with E-state index in [1.807, 2.05) is 0 Å². The number of amides is 2. The molecule has 1 fully saturated rings. The smallest absolute Gasteiger partial charge is 0.257 e. The summed E-state index contributed by atoms with van der Waals surface area (Å²) in [5.41, 5.74) is 0.974.